The number of hydrogen-bond donors (Lipinski definition) is 12. The third-order valence-electron chi connectivity index (χ3n) is 11.4. The molecule has 44 heteroatoms. The van der Waals surface area contributed by atoms with Crippen LogP contribution in [0.25, 0.3) is 27.6 Å². The molecule has 5 aromatic carbocycles. The predicted octanol–water partition coefficient (Wildman–Crippen LogP) is 4.19. The van der Waals surface area contributed by atoms with Gasteiger partial charge in [-0.25, -0.2) is 0 Å². The number of hydrogen-bond acceptors (Lipinski definition) is 26. The SMILES string of the molecule is O=S(=O)(O)c1cc(S(=O)(=O)O)c2cc(Nc3nc(Cl)nc(NC4=CC=C(C=Cc5ccc(Nc6nc(Cl)nc(Nc7cc8c(S(=O)(=O)O)cc(S(=O)(=O)O)cc8cc7S(=O)(=O)O)n6)cc5)C(S(=O)(=O)O)(S(=O)(=O)O)C4)n3)c(S(=O)(=O)O)cc2c1. The molecular formula is C40H30Cl2N10O24S8. The molecule has 0 saturated carbocycles. The Kier molecular flexibility index (Phi) is 16.3. The molecule has 0 atom stereocenters. The van der Waals surface area contributed by atoms with Crippen molar-refractivity contribution in [3.8, 4) is 0 Å². The minimum atomic E-state index is -5.91. The van der Waals surface area contributed by atoms with E-state index in [9.17, 15) is 104 Å². The first-order chi connectivity index (χ1) is 38.4. The van der Waals surface area contributed by atoms with Crippen LogP contribution in [-0.4, -0.2) is 138 Å². The second-order valence-corrected chi connectivity index (χ2v) is 29.6. The van der Waals surface area contributed by atoms with Gasteiger partial charge in [0.25, 0.3) is 85.0 Å². The highest BCUT2D eigenvalue weighted by atomic mass is 35.5. The first-order valence-corrected chi connectivity index (χ1v) is 33.8. The van der Waals surface area contributed by atoms with Gasteiger partial charge < -0.3 is 21.3 Å². The van der Waals surface area contributed by atoms with Crippen molar-refractivity contribution in [1.82, 2.24) is 29.9 Å². The highest BCUT2D eigenvalue weighted by Gasteiger charge is 2.58. The maximum atomic E-state index is 13.1. The van der Waals surface area contributed by atoms with E-state index < -0.39 is 193 Å². The Morgan fingerprint density at radius 2 is 0.798 bits per heavy atom. The monoisotopic (exact) mass is 1360 g/mol. The zero-order valence-corrected chi connectivity index (χ0v) is 48.3. The fourth-order valence-electron chi connectivity index (χ4n) is 7.92. The average molecular weight is 1360 g/mol. The molecule has 0 fully saturated rings. The Hall–Kier alpha value is -7.08. The Labute approximate surface area is 482 Å². The van der Waals surface area contributed by atoms with Crippen molar-refractivity contribution in [3.63, 3.8) is 0 Å². The third-order valence-corrected chi connectivity index (χ3v) is 20.7. The van der Waals surface area contributed by atoms with Crippen molar-refractivity contribution >= 4 is 173 Å². The van der Waals surface area contributed by atoms with Crippen LogP contribution in [0.15, 0.2) is 132 Å². The minimum Gasteiger partial charge on any atom is -0.328 e. The molecule has 7 aromatic rings. The molecular weight excluding hydrogens is 1330 g/mol. The lowest BCUT2D eigenvalue weighted by Gasteiger charge is -2.32. The van der Waals surface area contributed by atoms with E-state index in [-0.39, 0.29) is 17.2 Å². The van der Waals surface area contributed by atoms with E-state index in [0.717, 1.165) is 30.4 Å². The van der Waals surface area contributed by atoms with Crippen molar-refractivity contribution in [3.05, 3.63) is 118 Å². The number of aromatic nitrogens is 6. The van der Waals surface area contributed by atoms with Crippen molar-refractivity contribution < 1.29 is 104 Å². The van der Waals surface area contributed by atoms with E-state index in [1.54, 1.807) is 0 Å². The Morgan fingerprint density at radius 1 is 0.417 bits per heavy atom. The van der Waals surface area contributed by atoms with Gasteiger partial charge in [0.1, 0.15) is 19.6 Å². The molecule has 1 aliphatic carbocycles. The normalized spacial score (nSPS) is 14.7. The highest BCUT2D eigenvalue weighted by molar-refractivity contribution is 8.05. The van der Waals surface area contributed by atoms with E-state index in [2.05, 4.69) is 51.2 Å². The fourth-order valence-corrected chi connectivity index (χ4v) is 14.9. The number of rotatable bonds is 18. The number of fused-ring (bicyclic) bond motifs is 2. The van der Waals surface area contributed by atoms with Gasteiger partial charge in [-0.2, -0.15) is 97.2 Å². The zero-order chi connectivity index (χ0) is 62.3. The van der Waals surface area contributed by atoms with Crippen LogP contribution in [0.1, 0.15) is 12.0 Å². The van der Waals surface area contributed by atoms with Crippen molar-refractivity contribution in [1.29, 1.82) is 0 Å². The molecule has 0 aliphatic heterocycles. The van der Waals surface area contributed by atoms with Crippen LogP contribution in [0.5, 0.6) is 0 Å². The molecule has 0 unspecified atom stereocenters. The zero-order valence-electron chi connectivity index (χ0n) is 40.3. The van der Waals surface area contributed by atoms with Crippen molar-refractivity contribution in [2.24, 2.45) is 0 Å². The van der Waals surface area contributed by atoms with Crippen molar-refractivity contribution in [2.45, 2.75) is 39.9 Å². The maximum absolute atomic E-state index is 13.1. The van der Waals surface area contributed by atoms with Crippen molar-refractivity contribution in [2.75, 3.05) is 21.3 Å². The molecule has 0 radical (unpaired) electrons. The van der Waals surface area contributed by atoms with E-state index >= 15 is 0 Å². The van der Waals surface area contributed by atoms with Gasteiger partial charge in [-0.3, -0.25) is 36.4 Å². The lowest BCUT2D eigenvalue weighted by Crippen LogP contribution is -2.49. The summed E-state index contributed by atoms with van der Waals surface area (Å²) >= 11 is 12.2. The quantitative estimate of drug-likeness (QED) is 0.0536. The van der Waals surface area contributed by atoms with E-state index in [0.29, 0.717) is 42.5 Å². The van der Waals surface area contributed by atoms with E-state index in [4.69, 9.17) is 23.2 Å². The molecule has 446 valence electrons. The minimum absolute atomic E-state index is 0.147. The Morgan fingerprint density at radius 3 is 1.17 bits per heavy atom. The van der Waals surface area contributed by atoms with Gasteiger partial charge in [0.15, 0.2) is 0 Å². The molecule has 8 rings (SSSR count). The number of nitrogens with one attached hydrogen (secondary N) is 4. The summed E-state index contributed by atoms with van der Waals surface area (Å²) in [7, 11) is -43.4. The Balaban J connectivity index is 1.07. The molecule has 0 bridgehead atoms. The number of halogens is 2. The predicted molar refractivity (Wildman–Crippen MR) is 292 cm³/mol. The van der Waals surface area contributed by atoms with Crippen LogP contribution in [0.2, 0.25) is 10.6 Å². The van der Waals surface area contributed by atoms with Crippen LogP contribution in [0, 0.1) is 0 Å². The fraction of sp³-hybridized carbons (Fsp3) is 0.0500. The second kappa shape index (κ2) is 21.8. The van der Waals surface area contributed by atoms with Gasteiger partial charge in [-0.05, 0) is 112 Å². The number of allylic oxidation sites excluding steroid dienone is 4. The van der Waals surface area contributed by atoms with Gasteiger partial charge in [0, 0.05) is 28.6 Å². The lowest BCUT2D eigenvalue weighted by atomic mass is 9.99. The first kappa shape index (κ1) is 63.0. The van der Waals surface area contributed by atoms with E-state index in [1.165, 1.54) is 24.3 Å². The van der Waals surface area contributed by atoms with E-state index in [1.807, 2.05) is 0 Å². The molecule has 2 aromatic heterocycles. The smallest absolute Gasteiger partial charge is 0.296 e. The van der Waals surface area contributed by atoms with Gasteiger partial charge >= 0.3 is 0 Å². The van der Waals surface area contributed by atoms with Gasteiger partial charge in [-0.15, -0.1) is 0 Å². The largest absolute Gasteiger partial charge is 0.328 e. The lowest BCUT2D eigenvalue weighted by molar-refractivity contribution is 0.432. The number of benzene rings is 5. The maximum Gasteiger partial charge on any atom is 0.296 e. The molecule has 12 N–H and O–H groups in total. The molecule has 84 heavy (non-hydrogen) atoms. The van der Waals surface area contributed by atoms with Crippen LogP contribution < -0.4 is 21.3 Å². The molecule has 1 aliphatic rings. The van der Waals surface area contributed by atoms with Crippen LogP contribution in [-0.2, 0) is 80.9 Å². The van der Waals surface area contributed by atoms with Gasteiger partial charge in [-0.1, -0.05) is 30.4 Å². The summed E-state index contributed by atoms with van der Waals surface area (Å²) in [6.07, 6.45) is 2.55. The summed E-state index contributed by atoms with van der Waals surface area (Å²) in [4.78, 5) is 16.6. The summed E-state index contributed by atoms with van der Waals surface area (Å²) in [5, 5.41) is 6.30. The topological polar surface area (TPSA) is 560 Å². The first-order valence-electron chi connectivity index (χ1n) is 21.5. The standard InChI is InChI=1S/C40H30Cl2N10O24S8/c41-34-47-36(51-38(49-34)45-28-15-26-19(11-32(28)81(65,66)67)9-24(77(53,54)55)13-30(26)79(59,60)61)43-22-6-2-18(3-7-22)1-4-21-5-8-23(17-40(21,83(71,72)73)84(74,75)76)44-37-48-35(42)50-39(52-37)46-29-16-27-20(12-33(29)82(68,69)70)10-25(78(56,57)58)14-31(27)80(62,63)64/h1-16H,17H2,(H,53,54,55)(H,56,57,58)(H,59,60,61)(H,62,63,64)(H,65,66,67)(H,68,69,70)(H,71,72,73)(H,74,75,76)(H2,43,45,47,49,51)(H2,44,46,48,50,52). The summed E-state index contributed by atoms with van der Waals surface area (Å²) < 4.78 is 276. The van der Waals surface area contributed by atoms with Crippen LogP contribution >= 0.6 is 23.2 Å². The van der Waals surface area contributed by atoms with Gasteiger partial charge in [0.05, 0.1) is 21.2 Å². The average Bonchev–Trinajstić information content (AvgIpc) is 0.892. The number of nitrogens with zero attached hydrogens (tertiary/aromatic N) is 6. The van der Waals surface area contributed by atoms with Crippen LogP contribution in [0.4, 0.5) is 40.9 Å². The molecule has 0 spiro atoms. The molecule has 34 nitrogen and oxygen atoms in total. The van der Waals surface area contributed by atoms with Crippen LogP contribution in [0.3, 0.4) is 0 Å². The summed E-state index contributed by atoms with van der Waals surface area (Å²) in [5.41, 5.74) is -2.36. The summed E-state index contributed by atoms with van der Waals surface area (Å²) in [6.45, 7) is 0. The Bertz CT molecular complexity index is 5050. The summed E-state index contributed by atoms with van der Waals surface area (Å²) in [6, 6.07) is 9.86. The summed E-state index contributed by atoms with van der Waals surface area (Å²) in [5.74, 6) is -2.40. The highest BCUT2D eigenvalue weighted by Crippen LogP contribution is 2.43. The molecule has 0 amide bonds. The third kappa shape index (κ3) is 13.5. The second-order valence-electron chi connectivity index (χ2n) is 17.0. The number of anilines is 7. The molecule has 0 saturated heterocycles. The molecule has 2 heterocycles. The van der Waals surface area contributed by atoms with Gasteiger partial charge in [0.2, 0.25) is 34.4 Å².